The lowest BCUT2D eigenvalue weighted by Gasteiger charge is -2.27. The zero-order valence-corrected chi connectivity index (χ0v) is 10.6. The SMILES string of the molecule is CC(C)(C)C(NC(=O)c1cc(Cl)c[nH]1)C(=O)O. The zero-order valence-electron chi connectivity index (χ0n) is 9.87. The Bertz CT molecular complexity index is 434. The van der Waals surface area contributed by atoms with E-state index < -0.39 is 23.3 Å². The van der Waals surface area contributed by atoms with Crippen molar-refractivity contribution >= 4 is 23.5 Å². The molecular formula is C11H15ClN2O3. The van der Waals surface area contributed by atoms with Crippen molar-refractivity contribution in [3.63, 3.8) is 0 Å². The van der Waals surface area contributed by atoms with Crippen LogP contribution in [0.2, 0.25) is 5.02 Å². The van der Waals surface area contributed by atoms with Crippen molar-refractivity contribution in [3.05, 3.63) is 23.0 Å². The average molecular weight is 259 g/mol. The number of rotatable bonds is 3. The van der Waals surface area contributed by atoms with Crippen LogP contribution in [0.15, 0.2) is 12.3 Å². The van der Waals surface area contributed by atoms with E-state index in [0.29, 0.717) is 5.02 Å². The number of hydrogen-bond acceptors (Lipinski definition) is 2. The van der Waals surface area contributed by atoms with Crippen LogP contribution in [-0.2, 0) is 4.79 Å². The number of H-pyrrole nitrogens is 1. The third-order valence-electron chi connectivity index (χ3n) is 2.28. The minimum atomic E-state index is -1.07. The quantitative estimate of drug-likeness (QED) is 0.774. The third-order valence-corrected chi connectivity index (χ3v) is 2.50. The summed E-state index contributed by atoms with van der Waals surface area (Å²) in [6.45, 7) is 5.23. The van der Waals surface area contributed by atoms with Crippen LogP contribution in [0, 0.1) is 5.41 Å². The molecule has 0 fully saturated rings. The fraction of sp³-hybridized carbons (Fsp3) is 0.455. The average Bonchev–Trinajstić information content (AvgIpc) is 2.58. The van der Waals surface area contributed by atoms with Crippen LogP contribution in [0.5, 0.6) is 0 Å². The van der Waals surface area contributed by atoms with Crippen molar-refractivity contribution in [3.8, 4) is 0 Å². The Labute approximate surface area is 104 Å². The predicted molar refractivity (Wildman–Crippen MR) is 64.1 cm³/mol. The second kappa shape index (κ2) is 4.79. The molecule has 0 bridgehead atoms. The molecule has 0 radical (unpaired) electrons. The van der Waals surface area contributed by atoms with Crippen LogP contribution >= 0.6 is 11.6 Å². The van der Waals surface area contributed by atoms with Crippen LogP contribution < -0.4 is 5.32 Å². The maximum Gasteiger partial charge on any atom is 0.326 e. The number of carboxylic acids is 1. The van der Waals surface area contributed by atoms with Gasteiger partial charge in [0.15, 0.2) is 0 Å². The van der Waals surface area contributed by atoms with Crippen molar-refractivity contribution in [1.29, 1.82) is 0 Å². The van der Waals surface area contributed by atoms with Crippen molar-refractivity contribution in [2.24, 2.45) is 5.41 Å². The molecule has 1 rings (SSSR count). The Morgan fingerprint density at radius 1 is 1.47 bits per heavy atom. The van der Waals surface area contributed by atoms with E-state index in [9.17, 15) is 9.59 Å². The number of carbonyl (C=O) groups excluding carboxylic acids is 1. The number of carbonyl (C=O) groups is 2. The van der Waals surface area contributed by atoms with Gasteiger partial charge in [0.25, 0.3) is 5.91 Å². The van der Waals surface area contributed by atoms with Gasteiger partial charge in [-0.25, -0.2) is 4.79 Å². The molecule has 1 heterocycles. The lowest BCUT2D eigenvalue weighted by atomic mass is 9.86. The minimum Gasteiger partial charge on any atom is -0.480 e. The smallest absolute Gasteiger partial charge is 0.326 e. The summed E-state index contributed by atoms with van der Waals surface area (Å²) in [5.74, 6) is -1.55. The third kappa shape index (κ3) is 3.49. The number of aromatic amines is 1. The molecule has 0 aliphatic heterocycles. The van der Waals surface area contributed by atoms with Crippen LogP contribution in [0.1, 0.15) is 31.3 Å². The maximum absolute atomic E-state index is 11.8. The van der Waals surface area contributed by atoms with Gasteiger partial charge in [-0.1, -0.05) is 32.4 Å². The topological polar surface area (TPSA) is 82.2 Å². The van der Waals surface area contributed by atoms with E-state index in [1.807, 2.05) is 0 Å². The van der Waals surface area contributed by atoms with Crippen molar-refractivity contribution in [2.75, 3.05) is 0 Å². The van der Waals surface area contributed by atoms with E-state index in [-0.39, 0.29) is 5.69 Å². The van der Waals surface area contributed by atoms with Crippen LogP contribution in [0.3, 0.4) is 0 Å². The molecule has 1 aromatic rings. The van der Waals surface area contributed by atoms with Crippen LogP contribution in [0.4, 0.5) is 0 Å². The summed E-state index contributed by atoms with van der Waals surface area (Å²) in [4.78, 5) is 25.5. The summed E-state index contributed by atoms with van der Waals surface area (Å²) in [6.07, 6.45) is 1.46. The highest BCUT2D eigenvalue weighted by atomic mass is 35.5. The standard InChI is InChI=1S/C11H15ClN2O3/c1-11(2,3)8(10(16)17)14-9(15)7-4-6(12)5-13-7/h4-5,8,13H,1-3H3,(H,14,15)(H,16,17). The molecule has 5 nitrogen and oxygen atoms in total. The van der Waals surface area contributed by atoms with Gasteiger partial charge in [0.2, 0.25) is 0 Å². The molecule has 0 aromatic carbocycles. The van der Waals surface area contributed by atoms with Gasteiger partial charge in [-0.2, -0.15) is 0 Å². The Balaban J connectivity index is 2.82. The van der Waals surface area contributed by atoms with E-state index >= 15 is 0 Å². The molecule has 0 aliphatic rings. The van der Waals surface area contributed by atoms with E-state index in [2.05, 4.69) is 10.3 Å². The number of aliphatic carboxylic acids is 1. The van der Waals surface area contributed by atoms with Gasteiger partial charge < -0.3 is 15.4 Å². The largest absolute Gasteiger partial charge is 0.480 e. The van der Waals surface area contributed by atoms with Gasteiger partial charge in [0.1, 0.15) is 11.7 Å². The van der Waals surface area contributed by atoms with Gasteiger partial charge in [0.05, 0.1) is 5.02 Å². The van der Waals surface area contributed by atoms with Crippen LogP contribution in [-0.4, -0.2) is 28.0 Å². The highest BCUT2D eigenvalue weighted by Crippen LogP contribution is 2.20. The van der Waals surface area contributed by atoms with Crippen molar-refractivity contribution in [1.82, 2.24) is 10.3 Å². The molecule has 1 unspecified atom stereocenters. The fourth-order valence-electron chi connectivity index (χ4n) is 1.36. The molecule has 94 valence electrons. The van der Waals surface area contributed by atoms with Gasteiger partial charge in [0, 0.05) is 6.20 Å². The Hall–Kier alpha value is -1.49. The molecule has 0 saturated carbocycles. The first-order chi connectivity index (χ1) is 7.71. The first-order valence-corrected chi connectivity index (χ1v) is 5.47. The second-order valence-electron chi connectivity index (χ2n) is 4.84. The number of nitrogens with one attached hydrogen (secondary N) is 2. The summed E-state index contributed by atoms with van der Waals surface area (Å²) in [5.41, 5.74) is -0.330. The summed E-state index contributed by atoms with van der Waals surface area (Å²) in [6, 6.07) is 0.482. The van der Waals surface area contributed by atoms with Crippen molar-refractivity contribution < 1.29 is 14.7 Å². The second-order valence-corrected chi connectivity index (χ2v) is 5.28. The van der Waals surface area contributed by atoms with E-state index in [0.717, 1.165) is 0 Å². The summed E-state index contributed by atoms with van der Waals surface area (Å²) < 4.78 is 0. The number of halogens is 1. The van der Waals surface area contributed by atoms with Gasteiger partial charge in [-0.3, -0.25) is 4.79 Å². The first-order valence-electron chi connectivity index (χ1n) is 5.09. The first kappa shape index (κ1) is 13.6. The number of hydrogen-bond donors (Lipinski definition) is 3. The van der Waals surface area contributed by atoms with E-state index in [1.165, 1.54) is 12.3 Å². The summed E-state index contributed by atoms with van der Waals surface area (Å²) in [7, 11) is 0. The molecule has 0 spiro atoms. The summed E-state index contributed by atoms with van der Waals surface area (Å²) in [5, 5.41) is 11.9. The van der Waals surface area contributed by atoms with Gasteiger partial charge >= 0.3 is 5.97 Å². The van der Waals surface area contributed by atoms with E-state index in [1.54, 1.807) is 20.8 Å². The normalized spacial score (nSPS) is 13.2. The Morgan fingerprint density at radius 2 is 2.06 bits per heavy atom. The molecule has 0 aliphatic carbocycles. The molecule has 1 aromatic heterocycles. The molecular weight excluding hydrogens is 244 g/mol. The predicted octanol–water partition coefficient (Wildman–Crippen LogP) is 1.90. The zero-order chi connectivity index (χ0) is 13.2. The number of carboxylic acid groups (broad SMARTS) is 1. The summed E-state index contributed by atoms with van der Waals surface area (Å²) >= 11 is 5.67. The highest BCUT2D eigenvalue weighted by molar-refractivity contribution is 6.30. The monoisotopic (exact) mass is 258 g/mol. The van der Waals surface area contributed by atoms with Crippen LogP contribution in [0.25, 0.3) is 0 Å². The molecule has 17 heavy (non-hydrogen) atoms. The molecule has 1 amide bonds. The van der Waals surface area contributed by atoms with Gasteiger partial charge in [-0.15, -0.1) is 0 Å². The fourth-order valence-corrected chi connectivity index (χ4v) is 1.52. The highest BCUT2D eigenvalue weighted by Gasteiger charge is 2.32. The number of amides is 1. The molecule has 1 atom stereocenters. The lowest BCUT2D eigenvalue weighted by molar-refractivity contribution is -0.142. The Kier molecular flexibility index (Phi) is 3.83. The Morgan fingerprint density at radius 3 is 2.41 bits per heavy atom. The lowest BCUT2D eigenvalue weighted by Crippen LogP contribution is -2.49. The molecule has 3 N–H and O–H groups in total. The molecule has 0 saturated heterocycles. The van der Waals surface area contributed by atoms with E-state index in [4.69, 9.17) is 16.7 Å². The number of aromatic nitrogens is 1. The maximum atomic E-state index is 11.8. The van der Waals surface area contributed by atoms with Gasteiger partial charge in [-0.05, 0) is 11.5 Å². The minimum absolute atomic E-state index is 0.241. The molecule has 6 heteroatoms. The van der Waals surface area contributed by atoms with Crippen molar-refractivity contribution in [2.45, 2.75) is 26.8 Å².